The van der Waals surface area contributed by atoms with Crippen molar-refractivity contribution in [2.24, 2.45) is 0 Å². The number of anilines is 1. The smallest absolute Gasteiger partial charge is 0.338 e. The van der Waals surface area contributed by atoms with Crippen molar-refractivity contribution in [3.05, 3.63) is 63.6 Å². The standard InChI is InChI=1S/C21H21BrN2O4/c1-14-11-17(22)8-9-18(14)23-19(25)13-28-21(27)16-6-4-15(5-7-16)12-24-10-2-3-20(24)26/h4-9,11H,2-3,10,12-13H2,1H3,(H,23,25). The van der Waals surface area contributed by atoms with Crippen molar-refractivity contribution in [2.45, 2.75) is 26.3 Å². The maximum atomic E-state index is 12.1. The first-order valence-electron chi connectivity index (χ1n) is 9.02. The maximum Gasteiger partial charge on any atom is 0.338 e. The Morgan fingerprint density at radius 2 is 1.93 bits per heavy atom. The number of rotatable bonds is 6. The van der Waals surface area contributed by atoms with Crippen LogP contribution in [0.25, 0.3) is 0 Å². The summed E-state index contributed by atoms with van der Waals surface area (Å²) in [6, 6.07) is 12.4. The summed E-state index contributed by atoms with van der Waals surface area (Å²) in [6.07, 6.45) is 1.50. The van der Waals surface area contributed by atoms with Crippen molar-refractivity contribution < 1.29 is 19.1 Å². The Labute approximate surface area is 172 Å². The first kappa shape index (κ1) is 20.1. The lowest BCUT2D eigenvalue weighted by molar-refractivity contribution is -0.128. The van der Waals surface area contributed by atoms with E-state index in [0.29, 0.717) is 24.2 Å². The van der Waals surface area contributed by atoms with Crippen molar-refractivity contribution in [3.8, 4) is 0 Å². The molecule has 1 saturated heterocycles. The zero-order chi connectivity index (χ0) is 20.1. The van der Waals surface area contributed by atoms with Gasteiger partial charge in [-0.25, -0.2) is 4.79 Å². The summed E-state index contributed by atoms with van der Waals surface area (Å²) in [6.45, 7) is 2.83. The molecule has 2 aromatic carbocycles. The van der Waals surface area contributed by atoms with Gasteiger partial charge in [0.2, 0.25) is 5.91 Å². The van der Waals surface area contributed by atoms with Gasteiger partial charge in [0.1, 0.15) is 0 Å². The Morgan fingerprint density at radius 3 is 2.57 bits per heavy atom. The minimum Gasteiger partial charge on any atom is -0.452 e. The van der Waals surface area contributed by atoms with E-state index in [4.69, 9.17) is 4.74 Å². The highest BCUT2D eigenvalue weighted by Gasteiger charge is 2.20. The molecule has 1 aliphatic heterocycles. The summed E-state index contributed by atoms with van der Waals surface area (Å²) >= 11 is 3.37. The normalized spacial score (nSPS) is 13.5. The molecule has 0 radical (unpaired) electrons. The summed E-state index contributed by atoms with van der Waals surface area (Å²) < 4.78 is 6.01. The molecule has 7 heteroatoms. The Bertz CT molecular complexity index is 896. The van der Waals surface area contributed by atoms with Gasteiger partial charge in [0.25, 0.3) is 5.91 Å². The third kappa shape index (κ3) is 5.19. The number of amides is 2. The number of carbonyl (C=O) groups is 3. The van der Waals surface area contributed by atoms with Crippen LogP contribution in [0.4, 0.5) is 5.69 Å². The molecule has 1 aliphatic rings. The van der Waals surface area contributed by atoms with Crippen LogP contribution < -0.4 is 5.32 Å². The van der Waals surface area contributed by atoms with E-state index >= 15 is 0 Å². The van der Waals surface area contributed by atoms with Gasteiger partial charge in [0, 0.05) is 29.7 Å². The van der Waals surface area contributed by atoms with Crippen LogP contribution in [0.1, 0.15) is 34.3 Å². The molecular formula is C21H21BrN2O4. The number of benzene rings is 2. The second-order valence-corrected chi connectivity index (χ2v) is 7.61. The number of carbonyl (C=O) groups excluding carboxylic acids is 3. The van der Waals surface area contributed by atoms with Crippen molar-refractivity contribution in [1.82, 2.24) is 4.90 Å². The van der Waals surface area contributed by atoms with E-state index in [2.05, 4.69) is 21.2 Å². The molecule has 0 spiro atoms. The summed E-state index contributed by atoms with van der Waals surface area (Å²) in [5.41, 5.74) is 2.89. The van der Waals surface area contributed by atoms with Crippen LogP contribution in [-0.4, -0.2) is 35.8 Å². The summed E-state index contributed by atoms with van der Waals surface area (Å²) in [5.74, 6) is -0.801. The van der Waals surface area contributed by atoms with Crippen LogP contribution >= 0.6 is 15.9 Å². The van der Waals surface area contributed by atoms with E-state index in [1.54, 1.807) is 30.3 Å². The number of ether oxygens (including phenoxy) is 1. The molecule has 0 atom stereocenters. The van der Waals surface area contributed by atoms with Crippen molar-refractivity contribution >= 4 is 39.4 Å². The van der Waals surface area contributed by atoms with E-state index in [0.717, 1.165) is 28.6 Å². The molecule has 0 aromatic heterocycles. The maximum absolute atomic E-state index is 12.1. The summed E-state index contributed by atoms with van der Waals surface area (Å²) in [4.78, 5) is 37.7. The predicted octanol–water partition coefficient (Wildman–Crippen LogP) is 3.68. The first-order valence-corrected chi connectivity index (χ1v) is 9.81. The van der Waals surface area contributed by atoms with Gasteiger partial charge < -0.3 is 15.0 Å². The van der Waals surface area contributed by atoms with Crippen LogP contribution in [0.2, 0.25) is 0 Å². The van der Waals surface area contributed by atoms with Crippen molar-refractivity contribution in [2.75, 3.05) is 18.5 Å². The molecular weight excluding hydrogens is 424 g/mol. The van der Waals surface area contributed by atoms with Crippen LogP contribution in [0.15, 0.2) is 46.9 Å². The second kappa shape index (κ2) is 9.01. The first-order chi connectivity index (χ1) is 13.4. The number of nitrogens with zero attached hydrogens (tertiary/aromatic N) is 1. The van der Waals surface area contributed by atoms with E-state index in [-0.39, 0.29) is 12.5 Å². The number of aryl methyl sites for hydroxylation is 1. The highest BCUT2D eigenvalue weighted by atomic mass is 79.9. The van der Waals surface area contributed by atoms with Crippen LogP contribution in [0.5, 0.6) is 0 Å². The molecule has 2 aromatic rings. The minimum atomic E-state index is -0.563. The Hall–Kier alpha value is -2.67. The fourth-order valence-corrected chi connectivity index (χ4v) is 3.48. The fourth-order valence-electron chi connectivity index (χ4n) is 3.01. The van der Waals surface area contributed by atoms with Crippen molar-refractivity contribution in [1.29, 1.82) is 0 Å². The lowest BCUT2D eigenvalue weighted by Gasteiger charge is -2.15. The largest absolute Gasteiger partial charge is 0.452 e. The highest BCUT2D eigenvalue weighted by Crippen LogP contribution is 2.20. The summed E-state index contributed by atoms with van der Waals surface area (Å²) in [5, 5.41) is 2.72. The third-order valence-electron chi connectivity index (χ3n) is 4.53. The molecule has 28 heavy (non-hydrogen) atoms. The van der Waals surface area contributed by atoms with Crippen LogP contribution in [-0.2, 0) is 20.9 Å². The monoisotopic (exact) mass is 444 g/mol. The van der Waals surface area contributed by atoms with E-state index in [1.807, 2.05) is 24.0 Å². The molecule has 1 heterocycles. The van der Waals surface area contributed by atoms with Crippen LogP contribution in [0, 0.1) is 6.92 Å². The average Bonchev–Trinajstić information content (AvgIpc) is 3.07. The molecule has 146 valence electrons. The molecule has 6 nitrogen and oxygen atoms in total. The number of hydrogen-bond acceptors (Lipinski definition) is 4. The molecule has 1 N–H and O–H groups in total. The lowest BCUT2D eigenvalue weighted by Crippen LogP contribution is -2.24. The Balaban J connectivity index is 1.50. The van der Waals surface area contributed by atoms with Gasteiger partial charge in [-0.05, 0) is 54.8 Å². The Kier molecular flexibility index (Phi) is 6.46. The van der Waals surface area contributed by atoms with Gasteiger partial charge in [-0.2, -0.15) is 0 Å². The van der Waals surface area contributed by atoms with E-state index in [9.17, 15) is 14.4 Å². The van der Waals surface area contributed by atoms with Gasteiger partial charge in [0.05, 0.1) is 5.56 Å². The number of nitrogens with one attached hydrogen (secondary N) is 1. The second-order valence-electron chi connectivity index (χ2n) is 6.70. The fraction of sp³-hybridized carbons (Fsp3) is 0.286. The molecule has 0 unspecified atom stereocenters. The number of likely N-dealkylation sites (tertiary alicyclic amines) is 1. The van der Waals surface area contributed by atoms with Gasteiger partial charge in [-0.1, -0.05) is 28.1 Å². The molecule has 0 bridgehead atoms. The zero-order valence-electron chi connectivity index (χ0n) is 15.5. The number of esters is 1. The SMILES string of the molecule is Cc1cc(Br)ccc1NC(=O)COC(=O)c1ccc(CN2CCCC2=O)cc1. The zero-order valence-corrected chi connectivity index (χ0v) is 17.1. The highest BCUT2D eigenvalue weighted by molar-refractivity contribution is 9.10. The number of halogens is 1. The van der Waals surface area contributed by atoms with Crippen molar-refractivity contribution in [3.63, 3.8) is 0 Å². The lowest BCUT2D eigenvalue weighted by atomic mass is 10.1. The molecule has 3 rings (SSSR count). The molecule has 1 fully saturated rings. The van der Waals surface area contributed by atoms with E-state index < -0.39 is 11.9 Å². The Morgan fingerprint density at radius 1 is 1.18 bits per heavy atom. The average molecular weight is 445 g/mol. The molecule has 2 amide bonds. The van der Waals surface area contributed by atoms with Gasteiger partial charge >= 0.3 is 5.97 Å². The van der Waals surface area contributed by atoms with Crippen LogP contribution in [0.3, 0.4) is 0 Å². The topological polar surface area (TPSA) is 75.7 Å². The quantitative estimate of drug-likeness (QED) is 0.689. The third-order valence-corrected chi connectivity index (χ3v) is 5.02. The van der Waals surface area contributed by atoms with E-state index in [1.165, 1.54) is 0 Å². The van der Waals surface area contributed by atoms with Gasteiger partial charge in [-0.3, -0.25) is 9.59 Å². The summed E-state index contributed by atoms with van der Waals surface area (Å²) in [7, 11) is 0. The van der Waals surface area contributed by atoms with Gasteiger partial charge in [0.15, 0.2) is 6.61 Å². The molecule has 0 saturated carbocycles. The predicted molar refractivity (Wildman–Crippen MR) is 109 cm³/mol. The minimum absolute atomic E-state index is 0.163. The number of hydrogen-bond donors (Lipinski definition) is 1. The molecule has 0 aliphatic carbocycles. The van der Waals surface area contributed by atoms with Gasteiger partial charge in [-0.15, -0.1) is 0 Å².